The Morgan fingerprint density at radius 3 is 3.16 bits per heavy atom. The van der Waals surface area contributed by atoms with Gasteiger partial charge < -0.3 is 15.0 Å². The molecule has 6 nitrogen and oxygen atoms in total. The maximum atomic E-state index is 12.2. The number of nitrogens with one attached hydrogen (secondary N) is 2. The SMILES string of the molecule is O=C(N[C@@H]1C[C@H]2CC[C@@H]1N2)c1cn2cncc2cn1. The maximum absolute atomic E-state index is 12.2. The van der Waals surface area contributed by atoms with Crippen LogP contribution in [-0.4, -0.2) is 38.4 Å². The van der Waals surface area contributed by atoms with Gasteiger partial charge in [0.15, 0.2) is 0 Å². The van der Waals surface area contributed by atoms with Crippen molar-refractivity contribution in [2.45, 2.75) is 37.4 Å². The lowest BCUT2D eigenvalue weighted by atomic mass is 9.95. The first-order valence-electron chi connectivity index (χ1n) is 6.64. The quantitative estimate of drug-likeness (QED) is 0.814. The van der Waals surface area contributed by atoms with E-state index in [0.29, 0.717) is 17.8 Å². The summed E-state index contributed by atoms with van der Waals surface area (Å²) < 4.78 is 1.81. The zero-order chi connectivity index (χ0) is 12.8. The van der Waals surface area contributed by atoms with Crippen molar-refractivity contribution >= 4 is 11.4 Å². The minimum atomic E-state index is -0.102. The molecule has 3 atom stereocenters. The Morgan fingerprint density at radius 2 is 2.37 bits per heavy atom. The fourth-order valence-corrected chi connectivity index (χ4v) is 3.17. The summed E-state index contributed by atoms with van der Waals surface area (Å²) in [5.41, 5.74) is 1.33. The fraction of sp³-hybridized carbons (Fsp3) is 0.462. The molecule has 2 aromatic rings. The Balaban J connectivity index is 1.53. The molecular formula is C13H15N5O. The molecule has 0 spiro atoms. The van der Waals surface area contributed by atoms with E-state index in [4.69, 9.17) is 0 Å². The van der Waals surface area contributed by atoms with E-state index < -0.39 is 0 Å². The summed E-state index contributed by atoms with van der Waals surface area (Å²) >= 11 is 0. The highest BCUT2D eigenvalue weighted by Crippen LogP contribution is 2.28. The first-order chi connectivity index (χ1) is 9.29. The van der Waals surface area contributed by atoms with E-state index in [1.54, 1.807) is 29.3 Å². The molecule has 2 fully saturated rings. The topological polar surface area (TPSA) is 71.3 Å². The summed E-state index contributed by atoms with van der Waals surface area (Å²) in [6.45, 7) is 0. The van der Waals surface area contributed by atoms with E-state index in [9.17, 15) is 4.79 Å². The maximum Gasteiger partial charge on any atom is 0.271 e. The summed E-state index contributed by atoms with van der Waals surface area (Å²) in [5, 5.41) is 6.60. The van der Waals surface area contributed by atoms with Crippen LogP contribution < -0.4 is 10.6 Å². The van der Waals surface area contributed by atoms with Gasteiger partial charge in [-0.25, -0.2) is 9.97 Å². The normalized spacial score (nSPS) is 28.9. The van der Waals surface area contributed by atoms with E-state index >= 15 is 0 Å². The zero-order valence-corrected chi connectivity index (χ0v) is 10.4. The predicted octanol–water partition coefficient (Wildman–Crippen LogP) is 0.352. The molecule has 1 amide bonds. The third-order valence-electron chi connectivity index (χ3n) is 4.14. The molecule has 6 heteroatoms. The number of carbonyl (C=O) groups is 1. The number of fused-ring (bicyclic) bond motifs is 3. The van der Waals surface area contributed by atoms with Gasteiger partial charge in [0.1, 0.15) is 5.69 Å². The highest BCUT2D eigenvalue weighted by atomic mass is 16.2. The van der Waals surface area contributed by atoms with Crippen molar-refractivity contribution in [3.8, 4) is 0 Å². The van der Waals surface area contributed by atoms with Crippen LogP contribution in [0.1, 0.15) is 29.8 Å². The minimum Gasteiger partial charge on any atom is -0.346 e. The van der Waals surface area contributed by atoms with Crippen LogP contribution in [0.25, 0.3) is 5.52 Å². The van der Waals surface area contributed by atoms with Crippen LogP contribution in [0.15, 0.2) is 24.9 Å². The van der Waals surface area contributed by atoms with Gasteiger partial charge in [-0.15, -0.1) is 0 Å². The number of nitrogens with zero attached hydrogens (tertiary/aromatic N) is 3. The van der Waals surface area contributed by atoms with Crippen molar-refractivity contribution in [2.75, 3.05) is 0 Å². The molecule has 0 aliphatic carbocycles. The molecule has 98 valence electrons. The van der Waals surface area contributed by atoms with E-state index in [0.717, 1.165) is 18.4 Å². The van der Waals surface area contributed by atoms with E-state index in [1.165, 1.54) is 6.42 Å². The molecule has 0 unspecified atom stereocenters. The molecule has 19 heavy (non-hydrogen) atoms. The van der Waals surface area contributed by atoms with Gasteiger partial charge in [0.25, 0.3) is 5.91 Å². The van der Waals surface area contributed by atoms with Gasteiger partial charge in [-0.1, -0.05) is 0 Å². The fourth-order valence-electron chi connectivity index (χ4n) is 3.17. The van der Waals surface area contributed by atoms with Crippen molar-refractivity contribution in [3.05, 3.63) is 30.6 Å². The minimum absolute atomic E-state index is 0.102. The number of aromatic nitrogens is 3. The van der Waals surface area contributed by atoms with Gasteiger partial charge >= 0.3 is 0 Å². The average molecular weight is 257 g/mol. The van der Waals surface area contributed by atoms with Gasteiger partial charge in [-0.2, -0.15) is 0 Å². The number of hydrogen-bond acceptors (Lipinski definition) is 4. The lowest BCUT2D eigenvalue weighted by molar-refractivity contribution is 0.0925. The third-order valence-corrected chi connectivity index (χ3v) is 4.14. The van der Waals surface area contributed by atoms with Gasteiger partial charge in [0, 0.05) is 24.3 Å². The largest absolute Gasteiger partial charge is 0.346 e. The first kappa shape index (κ1) is 10.9. The highest BCUT2D eigenvalue weighted by Gasteiger charge is 2.39. The van der Waals surface area contributed by atoms with Gasteiger partial charge in [-0.05, 0) is 19.3 Å². The van der Waals surface area contributed by atoms with Crippen LogP contribution in [0.2, 0.25) is 0 Å². The van der Waals surface area contributed by atoms with Crippen LogP contribution in [0.3, 0.4) is 0 Å². The Hall–Kier alpha value is -1.95. The van der Waals surface area contributed by atoms with Crippen LogP contribution in [0.5, 0.6) is 0 Å². The van der Waals surface area contributed by atoms with Crippen molar-refractivity contribution in [3.63, 3.8) is 0 Å². The molecule has 2 bridgehead atoms. The van der Waals surface area contributed by atoms with Crippen molar-refractivity contribution in [1.29, 1.82) is 0 Å². The lowest BCUT2D eigenvalue weighted by Crippen LogP contribution is -2.43. The number of carbonyl (C=O) groups excluding carboxylic acids is 1. The number of imidazole rings is 1. The molecule has 2 N–H and O–H groups in total. The van der Waals surface area contributed by atoms with Crippen molar-refractivity contribution in [2.24, 2.45) is 0 Å². The molecule has 0 saturated carbocycles. The van der Waals surface area contributed by atoms with E-state index in [-0.39, 0.29) is 11.9 Å². The number of hydrogen-bond donors (Lipinski definition) is 2. The van der Waals surface area contributed by atoms with E-state index in [1.807, 2.05) is 0 Å². The van der Waals surface area contributed by atoms with Crippen molar-refractivity contribution in [1.82, 2.24) is 25.0 Å². The molecule has 0 radical (unpaired) electrons. The number of rotatable bonds is 2. The highest BCUT2D eigenvalue weighted by molar-refractivity contribution is 5.92. The van der Waals surface area contributed by atoms with Crippen LogP contribution in [0, 0.1) is 0 Å². The standard InChI is InChI=1S/C13H15N5O/c19-13(17-11-3-8-1-2-10(11)16-8)12-6-18-7-14-4-9(18)5-15-12/h4-8,10-11,16H,1-3H2,(H,17,19)/t8-,10+,11-/m1/s1. The van der Waals surface area contributed by atoms with E-state index in [2.05, 4.69) is 20.6 Å². The smallest absolute Gasteiger partial charge is 0.271 e. The third kappa shape index (κ3) is 1.79. The Morgan fingerprint density at radius 1 is 1.42 bits per heavy atom. The van der Waals surface area contributed by atoms with Crippen LogP contribution >= 0.6 is 0 Å². The van der Waals surface area contributed by atoms with Crippen LogP contribution in [-0.2, 0) is 0 Å². The average Bonchev–Trinajstić information content (AvgIpc) is 3.13. The number of amides is 1. The molecule has 2 aliphatic rings. The Kier molecular flexibility index (Phi) is 2.32. The zero-order valence-electron chi connectivity index (χ0n) is 10.4. The molecule has 2 aromatic heterocycles. The Bertz CT molecular complexity index is 637. The summed E-state index contributed by atoms with van der Waals surface area (Å²) in [6.07, 6.45) is 10.2. The molecule has 0 aromatic carbocycles. The summed E-state index contributed by atoms with van der Waals surface area (Å²) in [4.78, 5) is 20.4. The van der Waals surface area contributed by atoms with Crippen molar-refractivity contribution < 1.29 is 4.79 Å². The molecule has 2 aliphatic heterocycles. The van der Waals surface area contributed by atoms with Gasteiger partial charge in [-0.3, -0.25) is 4.79 Å². The predicted molar refractivity (Wildman–Crippen MR) is 68.8 cm³/mol. The summed E-state index contributed by atoms with van der Waals surface area (Å²) in [7, 11) is 0. The summed E-state index contributed by atoms with van der Waals surface area (Å²) in [6, 6.07) is 1.26. The second-order valence-electron chi connectivity index (χ2n) is 5.36. The van der Waals surface area contributed by atoms with Gasteiger partial charge in [0.2, 0.25) is 0 Å². The summed E-state index contributed by atoms with van der Waals surface area (Å²) in [5.74, 6) is -0.102. The molecule has 4 heterocycles. The second kappa shape index (κ2) is 4.03. The lowest BCUT2D eigenvalue weighted by Gasteiger charge is -2.21. The molecule has 4 rings (SSSR count). The van der Waals surface area contributed by atoms with Crippen LogP contribution in [0.4, 0.5) is 0 Å². The molecular weight excluding hydrogens is 242 g/mol. The molecule has 2 saturated heterocycles. The first-order valence-corrected chi connectivity index (χ1v) is 6.64. The Labute approximate surface area is 110 Å². The monoisotopic (exact) mass is 257 g/mol. The van der Waals surface area contributed by atoms with Gasteiger partial charge in [0.05, 0.1) is 24.2 Å². The second-order valence-corrected chi connectivity index (χ2v) is 5.36.